The molecular formula is C17H26N4O. The molecule has 1 N–H and O–H groups in total. The van der Waals surface area contributed by atoms with Crippen molar-refractivity contribution in [3.05, 3.63) is 41.2 Å². The lowest BCUT2D eigenvalue weighted by atomic mass is 9.96. The third-order valence-corrected chi connectivity index (χ3v) is 3.83. The van der Waals surface area contributed by atoms with Gasteiger partial charge in [0.2, 0.25) is 0 Å². The van der Waals surface area contributed by atoms with E-state index >= 15 is 0 Å². The summed E-state index contributed by atoms with van der Waals surface area (Å²) in [6.07, 6.45) is 0. The van der Waals surface area contributed by atoms with Gasteiger partial charge in [0, 0.05) is 12.6 Å². The number of hydrogen-bond donors (Lipinski definition) is 1. The van der Waals surface area contributed by atoms with Gasteiger partial charge in [0.1, 0.15) is 5.75 Å². The monoisotopic (exact) mass is 302 g/mol. The van der Waals surface area contributed by atoms with E-state index in [0.717, 1.165) is 30.2 Å². The summed E-state index contributed by atoms with van der Waals surface area (Å²) in [5.41, 5.74) is 3.27. The summed E-state index contributed by atoms with van der Waals surface area (Å²) in [4.78, 5) is 1.74. The minimum Gasteiger partial charge on any atom is -0.497 e. The number of ether oxygens (including phenoxy) is 1. The molecule has 22 heavy (non-hydrogen) atoms. The Balaban J connectivity index is 2.09. The van der Waals surface area contributed by atoms with E-state index in [2.05, 4.69) is 41.5 Å². The zero-order valence-electron chi connectivity index (χ0n) is 14.1. The van der Waals surface area contributed by atoms with Crippen LogP contribution < -0.4 is 10.1 Å². The van der Waals surface area contributed by atoms with Gasteiger partial charge < -0.3 is 10.1 Å². The summed E-state index contributed by atoms with van der Waals surface area (Å²) in [7, 11) is 1.69. The molecule has 0 aliphatic carbocycles. The summed E-state index contributed by atoms with van der Waals surface area (Å²) in [5.74, 6) is 1.36. The quantitative estimate of drug-likeness (QED) is 0.854. The minimum absolute atomic E-state index is 0.275. The molecule has 0 amide bonds. The molecule has 0 radical (unpaired) electrons. The Labute approximate surface area is 132 Å². The normalized spacial score (nSPS) is 12.6. The van der Waals surface area contributed by atoms with Crippen LogP contribution in [0.1, 0.15) is 43.8 Å². The molecule has 2 aromatic rings. The van der Waals surface area contributed by atoms with Crippen molar-refractivity contribution in [1.82, 2.24) is 20.3 Å². The molecule has 1 aromatic heterocycles. The Morgan fingerprint density at radius 1 is 1.18 bits per heavy atom. The summed E-state index contributed by atoms with van der Waals surface area (Å²) in [6.45, 7) is 10.0. The van der Waals surface area contributed by atoms with E-state index in [-0.39, 0.29) is 6.04 Å². The topological polar surface area (TPSA) is 52.0 Å². The molecule has 1 atom stereocenters. The minimum atomic E-state index is 0.275. The van der Waals surface area contributed by atoms with Crippen molar-refractivity contribution in [2.45, 2.75) is 46.8 Å². The van der Waals surface area contributed by atoms with Crippen LogP contribution in [0.25, 0.3) is 0 Å². The molecule has 0 aliphatic rings. The summed E-state index contributed by atoms with van der Waals surface area (Å²) in [6, 6.07) is 8.52. The molecule has 0 aliphatic heterocycles. The highest BCUT2D eigenvalue weighted by atomic mass is 16.5. The predicted molar refractivity (Wildman–Crippen MR) is 87.8 cm³/mol. The molecule has 120 valence electrons. The maximum Gasteiger partial charge on any atom is 0.118 e. The third kappa shape index (κ3) is 3.85. The molecular weight excluding hydrogens is 276 g/mol. The number of aromatic nitrogens is 3. The second kappa shape index (κ2) is 7.40. The molecule has 1 aromatic carbocycles. The van der Waals surface area contributed by atoms with Gasteiger partial charge in [0.25, 0.3) is 0 Å². The fourth-order valence-corrected chi connectivity index (χ4v) is 2.53. The van der Waals surface area contributed by atoms with Crippen LogP contribution in [-0.4, -0.2) is 22.1 Å². The summed E-state index contributed by atoms with van der Waals surface area (Å²) in [5, 5.41) is 12.5. The van der Waals surface area contributed by atoms with E-state index in [1.807, 2.05) is 26.0 Å². The Kier molecular flexibility index (Phi) is 5.55. The molecule has 5 nitrogen and oxygen atoms in total. The van der Waals surface area contributed by atoms with Crippen molar-refractivity contribution < 1.29 is 4.74 Å². The number of nitrogens with zero attached hydrogens (tertiary/aromatic N) is 3. The standard InChI is InChI=1S/C17H26N4O/c1-6-21-19-13(4)16(20-21)11-18-17(12(2)3)14-7-9-15(22-5)10-8-14/h7-10,12,17-18H,6,11H2,1-5H3/t17-/m1/s1. The predicted octanol–water partition coefficient (Wildman–Crippen LogP) is 3.10. The van der Waals surface area contributed by atoms with Crippen molar-refractivity contribution in [3.8, 4) is 5.75 Å². The van der Waals surface area contributed by atoms with Gasteiger partial charge in [-0.15, -0.1) is 0 Å². The Bertz CT molecular complexity index is 589. The van der Waals surface area contributed by atoms with E-state index in [4.69, 9.17) is 4.74 Å². The molecule has 0 bridgehead atoms. The second-order valence-electron chi connectivity index (χ2n) is 5.80. The fraction of sp³-hybridized carbons (Fsp3) is 0.529. The zero-order valence-corrected chi connectivity index (χ0v) is 14.1. The molecule has 0 spiro atoms. The van der Waals surface area contributed by atoms with E-state index in [1.54, 1.807) is 11.9 Å². The number of aryl methyl sites for hydroxylation is 2. The first-order chi connectivity index (χ1) is 10.5. The largest absolute Gasteiger partial charge is 0.497 e. The lowest BCUT2D eigenvalue weighted by molar-refractivity contribution is 0.401. The van der Waals surface area contributed by atoms with Gasteiger partial charge in [-0.05, 0) is 37.5 Å². The van der Waals surface area contributed by atoms with Gasteiger partial charge in [0.15, 0.2) is 0 Å². The van der Waals surface area contributed by atoms with Crippen LogP contribution in [0.15, 0.2) is 24.3 Å². The van der Waals surface area contributed by atoms with Crippen LogP contribution in [0.4, 0.5) is 0 Å². The summed E-state index contributed by atoms with van der Waals surface area (Å²) >= 11 is 0. The number of methoxy groups -OCH3 is 1. The van der Waals surface area contributed by atoms with Crippen molar-refractivity contribution >= 4 is 0 Å². The van der Waals surface area contributed by atoms with Crippen LogP contribution in [0.5, 0.6) is 5.75 Å². The second-order valence-corrected chi connectivity index (χ2v) is 5.80. The first-order valence-corrected chi connectivity index (χ1v) is 7.83. The summed E-state index contributed by atoms with van der Waals surface area (Å²) < 4.78 is 5.23. The molecule has 0 saturated heterocycles. The van der Waals surface area contributed by atoms with Gasteiger partial charge in [-0.1, -0.05) is 26.0 Å². The van der Waals surface area contributed by atoms with Crippen molar-refractivity contribution in [2.24, 2.45) is 5.92 Å². The van der Waals surface area contributed by atoms with Gasteiger partial charge in [-0.3, -0.25) is 0 Å². The first-order valence-electron chi connectivity index (χ1n) is 7.83. The van der Waals surface area contributed by atoms with Crippen LogP contribution in [0.2, 0.25) is 0 Å². The molecule has 0 saturated carbocycles. The highest BCUT2D eigenvalue weighted by molar-refractivity contribution is 5.29. The molecule has 1 heterocycles. The molecule has 5 heteroatoms. The van der Waals surface area contributed by atoms with Crippen LogP contribution >= 0.6 is 0 Å². The highest BCUT2D eigenvalue weighted by Gasteiger charge is 2.17. The van der Waals surface area contributed by atoms with Crippen molar-refractivity contribution in [1.29, 1.82) is 0 Å². The molecule has 0 unspecified atom stereocenters. The molecule has 0 fully saturated rings. The average molecular weight is 302 g/mol. The highest BCUT2D eigenvalue weighted by Crippen LogP contribution is 2.24. The fourth-order valence-electron chi connectivity index (χ4n) is 2.53. The van der Waals surface area contributed by atoms with E-state index in [1.165, 1.54) is 5.56 Å². The lowest BCUT2D eigenvalue weighted by Crippen LogP contribution is -2.25. The first kappa shape index (κ1) is 16.5. The number of rotatable bonds is 7. The lowest BCUT2D eigenvalue weighted by Gasteiger charge is -2.23. The Hall–Kier alpha value is -1.88. The van der Waals surface area contributed by atoms with Crippen LogP contribution in [-0.2, 0) is 13.1 Å². The van der Waals surface area contributed by atoms with Crippen LogP contribution in [0, 0.1) is 12.8 Å². The Morgan fingerprint density at radius 3 is 2.36 bits per heavy atom. The van der Waals surface area contributed by atoms with E-state index in [0.29, 0.717) is 5.92 Å². The van der Waals surface area contributed by atoms with Crippen molar-refractivity contribution in [2.75, 3.05) is 7.11 Å². The van der Waals surface area contributed by atoms with Gasteiger partial charge >= 0.3 is 0 Å². The SMILES string of the molecule is CCn1nc(C)c(CN[C@@H](c2ccc(OC)cc2)C(C)C)n1. The average Bonchev–Trinajstić information content (AvgIpc) is 2.88. The Morgan fingerprint density at radius 2 is 1.86 bits per heavy atom. The molecule has 2 rings (SSSR count). The number of benzene rings is 1. The van der Waals surface area contributed by atoms with Gasteiger partial charge in [-0.25, -0.2) is 0 Å². The smallest absolute Gasteiger partial charge is 0.118 e. The maximum absolute atomic E-state index is 5.23. The van der Waals surface area contributed by atoms with Gasteiger partial charge in [-0.2, -0.15) is 15.0 Å². The number of hydrogen-bond acceptors (Lipinski definition) is 4. The van der Waals surface area contributed by atoms with Crippen molar-refractivity contribution in [3.63, 3.8) is 0 Å². The zero-order chi connectivity index (χ0) is 16.1. The third-order valence-electron chi connectivity index (χ3n) is 3.83. The van der Waals surface area contributed by atoms with Gasteiger partial charge in [0.05, 0.1) is 25.0 Å². The number of nitrogens with one attached hydrogen (secondary N) is 1. The van der Waals surface area contributed by atoms with Crippen LogP contribution in [0.3, 0.4) is 0 Å². The van der Waals surface area contributed by atoms with E-state index in [9.17, 15) is 0 Å². The maximum atomic E-state index is 5.23. The van der Waals surface area contributed by atoms with E-state index < -0.39 is 0 Å².